The van der Waals surface area contributed by atoms with Crippen LogP contribution in [-0.2, 0) is 20.8 Å². The number of urea groups is 1. The van der Waals surface area contributed by atoms with E-state index < -0.39 is 30.0 Å². The molecule has 1 aliphatic heterocycles. The number of anilines is 2. The van der Waals surface area contributed by atoms with Crippen molar-refractivity contribution >= 4 is 29.5 Å². The molecule has 1 fully saturated rings. The van der Waals surface area contributed by atoms with E-state index in [1.165, 1.54) is 24.3 Å². The van der Waals surface area contributed by atoms with E-state index in [0.29, 0.717) is 17.8 Å². The average molecular weight is 488 g/mol. The van der Waals surface area contributed by atoms with Crippen LogP contribution in [0.1, 0.15) is 25.1 Å². The topological polar surface area (TPSA) is 113 Å². The number of amides is 3. The van der Waals surface area contributed by atoms with Crippen molar-refractivity contribution in [2.75, 3.05) is 37.4 Å². The Labute approximate surface area is 203 Å². The molecular weight excluding hydrogens is 457 g/mol. The van der Waals surface area contributed by atoms with Gasteiger partial charge in [-0.15, -0.1) is 0 Å². The number of piperazine rings is 1. The third kappa shape index (κ3) is 6.89. The fraction of sp³-hybridized carbons (Fsp3) is 0.417. The summed E-state index contributed by atoms with van der Waals surface area (Å²) in [6, 6.07) is 6.67. The molecule has 10 nitrogen and oxygen atoms in total. The summed E-state index contributed by atoms with van der Waals surface area (Å²) in [6.07, 6.45) is 0.540. The summed E-state index contributed by atoms with van der Waals surface area (Å²) in [5.41, 5.74) is 1.64. The molecule has 35 heavy (non-hydrogen) atoms. The molecule has 188 valence electrons. The number of aromatic nitrogens is 1. The van der Waals surface area contributed by atoms with Gasteiger partial charge in [-0.25, -0.2) is 18.8 Å². The van der Waals surface area contributed by atoms with Crippen LogP contribution in [0.4, 0.5) is 25.4 Å². The van der Waals surface area contributed by atoms with Gasteiger partial charge >= 0.3 is 18.1 Å². The van der Waals surface area contributed by atoms with Crippen LogP contribution < -0.4 is 10.6 Å². The summed E-state index contributed by atoms with van der Waals surface area (Å²) < 4.78 is 25.3. The molecule has 1 aromatic heterocycles. The first kappa shape index (κ1) is 25.9. The lowest BCUT2D eigenvalue weighted by Crippen LogP contribution is -2.58. The first-order valence-corrected chi connectivity index (χ1v) is 11.2. The molecule has 0 radical (unpaired) electrons. The quantitative estimate of drug-likeness (QED) is 0.601. The Hall–Kier alpha value is -3.73. The van der Waals surface area contributed by atoms with Crippen LogP contribution in [0.5, 0.6) is 0 Å². The summed E-state index contributed by atoms with van der Waals surface area (Å²) in [7, 11) is 1.25. The molecule has 11 heteroatoms. The molecule has 0 unspecified atom stereocenters. The Morgan fingerprint density at radius 3 is 2.60 bits per heavy atom. The number of carbonyl (C=O) groups is 3. The zero-order valence-electron chi connectivity index (χ0n) is 20.2. The highest BCUT2D eigenvalue weighted by Crippen LogP contribution is 2.22. The molecule has 3 rings (SSSR count). The number of ether oxygens (including phenoxy) is 2. The molecule has 2 N–H and O–H groups in total. The maximum atomic E-state index is 15.2. The van der Waals surface area contributed by atoms with Gasteiger partial charge in [0.1, 0.15) is 6.04 Å². The fourth-order valence-electron chi connectivity index (χ4n) is 3.70. The van der Waals surface area contributed by atoms with E-state index in [4.69, 9.17) is 9.47 Å². The Morgan fingerprint density at radius 2 is 1.94 bits per heavy atom. The number of hydrogen-bond donors (Lipinski definition) is 2. The van der Waals surface area contributed by atoms with Gasteiger partial charge in [0.15, 0.2) is 5.82 Å². The summed E-state index contributed by atoms with van der Waals surface area (Å²) in [4.78, 5) is 44.4. The Kier molecular flexibility index (Phi) is 8.58. The number of esters is 1. The van der Waals surface area contributed by atoms with Gasteiger partial charge in [0.05, 0.1) is 30.8 Å². The number of pyridine rings is 1. The molecule has 3 amide bonds. The number of aryl methyl sites for hydroxylation is 1. The second-order valence-electron chi connectivity index (χ2n) is 8.45. The van der Waals surface area contributed by atoms with Crippen molar-refractivity contribution in [1.29, 1.82) is 0 Å². The Balaban J connectivity index is 1.68. The van der Waals surface area contributed by atoms with E-state index in [-0.39, 0.29) is 31.4 Å². The highest BCUT2D eigenvalue weighted by atomic mass is 19.1. The normalized spacial score (nSPS) is 16.1. The number of nitrogens with one attached hydrogen (secondary N) is 2. The predicted molar refractivity (Wildman–Crippen MR) is 127 cm³/mol. The van der Waals surface area contributed by atoms with E-state index in [1.54, 1.807) is 38.1 Å². The maximum Gasteiger partial charge on any atom is 0.410 e. The van der Waals surface area contributed by atoms with Crippen molar-refractivity contribution in [3.8, 4) is 0 Å². The van der Waals surface area contributed by atoms with Crippen LogP contribution >= 0.6 is 0 Å². The average Bonchev–Trinajstić information content (AvgIpc) is 2.82. The van der Waals surface area contributed by atoms with Crippen LogP contribution in [0.15, 0.2) is 36.5 Å². The zero-order chi connectivity index (χ0) is 25.5. The second kappa shape index (κ2) is 11.6. The maximum absolute atomic E-state index is 15.2. The third-order valence-corrected chi connectivity index (χ3v) is 5.39. The largest absolute Gasteiger partial charge is 0.461 e. The summed E-state index contributed by atoms with van der Waals surface area (Å²) in [5, 5.41) is 5.12. The molecule has 1 aromatic carbocycles. The highest BCUT2D eigenvalue weighted by molar-refractivity contribution is 5.99. The number of rotatable bonds is 6. The molecule has 0 saturated carbocycles. The van der Waals surface area contributed by atoms with E-state index in [9.17, 15) is 14.4 Å². The van der Waals surface area contributed by atoms with Gasteiger partial charge in [0.2, 0.25) is 0 Å². The van der Waals surface area contributed by atoms with Gasteiger partial charge in [-0.05, 0) is 39.0 Å². The third-order valence-electron chi connectivity index (χ3n) is 5.39. The van der Waals surface area contributed by atoms with Crippen molar-refractivity contribution in [2.24, 2.45) is 0 Å². The summed E-state index contributed by atoms with van der Waals surface area (Å²) in [5.74, 6) is -1.13. The smallest absolute Gasteiger partial charge is 0.410 e. The minimum Gasteiger partial charge on any atom is -0.461 e. The predicted octanol–water partition coefficient (Wildman–Crippen LogP) is 3.38. The molecule has 1 saturated heterocycles. The van der Waals surface area contributed by atoms with Crippen molar-refractivity contribution in [2.45, 2.75) is 39.5 Å². The zero-order valence-corrected chi connectivity index (χ0v) is 20.2. The molecule has 2 aromatic rings. The van der Waals surface area contributed by atoms with Crippen molar-refractivity contribution in [3.63, 3.8) is 0 Å². The van der Waals surface area contributed by atoms with Crippen LogP contribution in [0.25, 0.3) is 0 Å². The standard InChI is InChI=1S/C24H30FN5O5/c1-15(2)35-22(31)20-14-29(10-11-30(20)24(33)34-4)13-17-6-5-7-19(21(17)25)28-23(32)27-18-9-8-16(3)26-12-18/h5-9,12,15,20H,10-11,13-14H2,1-4H3,(H2,27,28,32)/t20-/m0/s1. The van der Waals surface area contributed by atoms with Crippen LogP contribution in [0.2, 0.25) is 0 Å². The molecule has 0 spiro atoms. The minimum atomic E-state index is -0.878. The number of methoxy groups -OCH3 is 1. The number of hydrogen-bond acceptors (Lipinski definition) is 7. The number of carbonyl (C=O) groups excluding carboxylic acids is 3. The lowest BCUT2D eigenvalue weighted by atomic mass is 10.1. The van der Waals surface area contributed by atoms with Gasteiger partial charge in [0.25, 0.3) is 0 Å². The number of halogens is 1. The number of benzene rings is 1. The fourth-order valence-corrected chi connectivity index (χ4v) is 3.70. The second-order valence-corrected chi connectivity index (χ2v) is 8.45. The van der Waals surface area contributed by atoms with Gasteiger partial charge in [-0.1, -0.05) is 12.1 Å². The minimum absolute atomic E-state index is 0.0176. The molecule has 1 atom stereocenters. The Morgan fingerprint density at radius 1 is 1.17 bits per heavy atom. The van der Waals surface area contributed by atoms with Crippen molar-refractivity contribution in [1.82, 2.24) is 14.8 Å². The lowest BCUT2D eigenvalue weighted by Gasteiger charge is -2.39. The van der Waals surface area contributed by atoms with E-state index in [0.717, 1.165) is 5.69 Å². The van der Waals surface area contributed by atoms with E-state index in [1.807, 2.05) is 11.8 Å². The summed E-state index contributed by atoms with van der Waals surface area (Å²) in [6.45, 7) is 6.22. The molecule has 1 aliphatic rings. The van der Waals surface area contributed by atoms with Gasteiger partial charge in [-0.2, -0.15) is 0 Å². The van der Waals surface area contributed by atoms with E-state index >= 15 is 4.39 Å². The first-order chi connectivity index (χ1) is 16.7. The van der Waals surface area contributed by atoms with Crippen LogP contribution in [-0.4, -0.2) is 71.8 Å². The molecule has 0 aliphatic carbocycles. The highest BCUT2D eigenvalue weighted by Gasteiger charge is 2.37. The lowest BCUT2D eigenvalue weighted by molar-refractivity contribution is -0.155. The SMILES string of the molecule is COC(=O)N1CCN(Cc2cccc(NC(=O)Nc3ccc(C)nc3)c2F)C[C@H]1C(=O)OC(C)C. The van der Waals surface area contributed by atoms with Crippen LogP contribution in [0, 0.1) is 12.7 Å². The Bertz CT molecular complexity index is 1060. The summed E-state index contributed by atoms with van der Waals surface area (Å²) >= 11 is 0. The first-order valence-electron chi connectivity index (χ1n) is 11.2. The van der Waals surface area contributed by atoms with Crippen LogP contribution in [0.3, 0.4) is 0 Å². The van der Waals surface area contributed by atoms with Gasteiger partial charge in [-0.3, -0.25) is 14.8 Å². The van der Waals surface area contributed by atoms with E-state index in [2.05, 4.69) is 15.6 Å². The molecule has 0 bridgehead atoms. The van der Waals surface area contributed by atoms with Gasteiger partial charge in [0, 0.05) is 37.4 Å². The van der Waals surface area contributed by atoms with Crippen molar-refractivity contribution in [3.05, 3.63) is 53.6 Å². The van der Waals surface area contributed by atoms with Gasteiger partial charge < -0.3 is 20.1 Å². The molecular formula is C24H30FN5O5. The number of nitrogens with zero attached hydrogens (tertiary/aromatic N) is 3. The molecule has 2 heterocycles. The van der Waals surface area contributed by atoms with Crippen molar-refractivity contribution < 1.29 is 28.2 Å². The monoisotopic (exact) mass is 487 g/mol.